The number of nitrogens with one attached hydrogen (secondary N) is 1. The number of rotatable bonds is 7. The highest BCUT2D eigenvalue weighted by atomic mass is 16.5. The van der Waals surface area contributed by atoms with Gasteiger partial charge in [-0.3, -0.25) is 9.59 Å². The molecule has 0 atom stereocenters. The van der Waals surface area contributed by atoms with E-state index in [0.717, 1.165) is 16.9 Å². The van der Waals surface area contributed by atoms with E-state index in [-0.39, 0.29) is 11.8 Å². The summed E-state index contributed by atoms with van der Waals surface area (Å²) < 4.78 is 11.1. The lowest BCUT2D eigenvalue weighted by molar-refractivity contribution is -0.111. The van der Waals surface area contributed by atoms with Gasteiger partial charge in [-0.25, -0.2) is 0 Å². The number of hydrogen-bond donors (Lipinski definition) is 1. The fourth-order valence-electron chi connectivity index (χ4n) is 3.48. The van der Waals surface area contributed by atoms with E-state index in [1.165, 1.54) is 6.08 Å². The number of carbonyl (C=O) groups excluding carboxylic acids is 2. The van der Waals surface area contributed by atoms with Gasteiger partial charge in [0.15, 0.2) is 0 Å². The van der Waals surface area contributed by atoms with Gasteiger partial charge in [-0.1, -0.05) is 54.6 Å². The van der Waals surface area contributed by atoms with Crippen LogP contribution in [-0.2, 0) is 16.1 Å². The van der Waals surface area contributed by atoms with Crippen LogP contribution in [0.25, 0.3) is 6.08 Å². The monoisotopic (exact) mass is 442 g/mol. The van der Waals surface area contributed by atoms with Crippen LogP contribution in [0, 0.1) is 0 Å². The summed E-state index contributed by atoms with van der Waals surface area (Å²) in [6, 6.07) is 24.5. The van der Waals surface area contributed by atoms with Crippen LogP contribution in [0.15, 0.2) is 84.9 Å². The first-order valence-electron chi connectivity index (χ1n) is 10.9. The predicted molar refractivity (Wildman–Crippen MR) is 128 cm³/mol. The molecule has 0 spiro atoms. The molecule has 0 radical (unpaired) electrons. The Hall–Kier alpha value is -3.90. The Morgan fingerprint density at radius 3 is 2.36 bits per heavy atom. The summed E-state index contributed by atoms with van der Waals surface area (Å²) >= 11 is 0. The first kappa shape index (κ1) is 22.3. The van der Waals surface area contributed by atoms with Crippen LogP contribution in [0.5, 0.6) is 5.75 Å². The van der Waals surface area contributed by atoms with Gasteiger partial charge >= 0.3 is 0 Å². The van der Waals surface area contributed by atoms with Crippen molar-refractivity contribution >= 4 is 23.6 Å². The van der Waals surface area contributed by atoms with Crippen LogP contribution >= 0.6 is 0 Å². The molecule has 3 aromatic carbocycles. The van der Waals surface area contributed by atoms with Gasteiger partial charge in [-0.15, -0.1) is 0 Å². The maximum absolute atomic E-state index is 12.8. The number of benzene rings is 3. The molecule has 4 rings (SSSR count). The predicted octanol–water partition coefficient (Wildman–Crippen LogP) is 4.39. The highest BCUT2D eigenvalue weighted by Gasteiger charge is 2.21. The standard InChI is InChI=1S/C27H26N2O4/c30-26(28-25-9-5-4-8-24(25)27(31)29-16-18-32-19-17-29)15-12-21-10-13-23(14-11-21)33-20-22-6-2-1-3-7-22/h1-15H,16-20H2,(H,28,30)/b15-12+. The Balaban J connectivity index is 1.34. The number of nitrogens with zero attached hydrogens (tertiary/aromatic N) is 1. The molecular weight excluding hydrogens is 416 g/mol. The lowest BCUT2D eigenvalue weighted by Gasteiger charge is -2.27. The zero-order valence-electron chi connectivity index (χ0n) is 18.3. The van der Waals surface area contributed by atoms with Crippen molar-refractivity contribution in [2.45, 2.75) is 6.61 Å². The fraction of sp³-hybridized carbons (Fsp3) is 0.185. The highest BCUT2D eigenvalue weighted by molar-refractivity contribution is 6.07. The van der Waals surface area contributed by atoms with E-state index in [9.17, 15) is 9.59 Å². The quantitative estimate of drug-likeness (QED) is 0.551. The number of hydrogen-bond acceptors (Lipinski definition) is 4. The number of carbonyl (C=O) groups is 2. The van der Waals surface area contributed by atoms with E-state index < -0.39 is 0 Å². The van der Waals surface area contributed by atoms with Gasteiger partial charge in [-0.05, 0) is 41.5 Å². The van der Waals surface area contributed by atoms with Crippen LogP contribution in [0.1, 0.15) is 21.5 Å². The van der Waals surface area contributed by atoms with Gasteiger partial charge in [0.2, 0.25) is 5.91 Å². The summed E-state index contributed by atoms with van der Waals surface area (Å²) in [4.78, 5) is 27.1. The molecule has 0 aromatic heterocycles. The molecular formula is C27H26N2O4. The van der Waals surface area contributed by atoms with Crippen LogP contribution in [-0.4, -0.2) is 43.0 Å². The van der Waals surface area contributed by atoms with Crippen molar-refractivity contribution in [3.63, 3.8) is 0 Å². The minimum absolute atomic E-state index is 0.107. The highest BCUT2D eigenvalue weighted by Crippen LogP contribution is 2.19. The third kappa shape index (κ3) is 6.30. The van der Waals surface area contributed by atoms with Gasteiger partial charge in [0.05, 0.1) is 24.5 Å². The van der Waals surface area contributed by atoms with Gasteiger partial charge in [-0.2, -0.15) is 0 Å². The number of amides is 2. The average Bonchev–Trinajstić information content (AvgIpc) is 2.88. The first-order chi connectivity index (χ1) is 16.2. The second-order valence-corrected chi connectivity index (χ2v) is 7.62. The molecule has 1 aliphatic rings. The molecule has 3 aromatic rings. The molecule has 6 heteroatoms. The van der Waals surface area contributed by atoms with Gasteiger partial charge in [0.25, 0.3) is 5.91 Å². The molecule has 2 amide bonds. The molecule has 1 N–H and O–H groups in total. The van der Waals surface area contributed by atoms with Gasteiger partial charge in [0.1, 0.15) is 12.4 Å². The van der Waals surface area contributed by atoms with Crippen molar-refractivity contribution in [3.05, 3.63) is 102 Å². The second-order valence-electron chi connectivity index (χ2n) is 7.62. The molecule has 6 nitrogen and oxygen atoms in total. The molecule has 0 bridgehead atoms. The van der Waals surface area contributed by atoms with E-state index >= 15 is 0 Å². The fourth-order valence-corrected chi connectivity index (χ4v) is 3.48. The number of morpholine rings is 1. The molecule has 1 saturated heterocycles. The molecule has 0 saturated carbocycles. The maximum Gasteiger partial charge on any atom is 0.256 e. The lowest BCUT2D eigenvalue weighted by Crippen LogP contribution is -2.41. The molecule has 1 heterocycles. The van der Waals surface area contributed by atoms with Crippen LogP contribution < -0.4 is 10.1 Å². The van der Waals surface area contributed by atoms with E-state index in [1.807, 2.05) is 54.6 Å². The molecule has 33 heavy (non-hydrogen) atoms. The maximum atomic E-state index is 12.8. The minimum atomic E-state index is -0.304. The van der Waals surface area contributed by atoms with Crippen molar-refractivity contribution in [1.82, 2.24) is 4.90 Å². The Kier molecular flexibility index (Phi) is 7.51. The number of para-hydroxylation sites is 1. The largest absolute Gasteiger partial charge is 0.489 e. The normalized spacial score (nSPS) is 13.6. The van der Waals surface area contributed by atoms with Crippen molar-refractivity contribution < 1.29 is 19.1 Å². The Bertz CT molecular complexity index is 1100. The first-order valence-corrected chi connectivity index (χ1v) is 10.9. The molecule has 0 unspecified atom stereocenters. The summed E-state index contributed by atoms with van der Waals surface area (Å²) in [7, 11) is 0. The van der Waals surface area contributed by atoms with Crippen molar-refractivity contribution in [1.29, 1.82) is 0 Å². The Morgan fingerprint density at radius 2 is 1.61 bits per heavy atom. The zero-order valence-corrected chi connectivity index (χ0v) is 18.3. The summed E-state index contributed by atoms with van der Waals surface area (Å²) in [6.45, 7) is 2.65. The molecule has 0 aliphatic carbocycles. The van der Waals surface area contributed by atoms with Crippen LogP contribution in [0.4, 0.5) is 5.69 Å². The van der Waals surface area contributed by atoms with Crippen molar-refractivity contribution in [2.75, 3.05) is 31.6 Å². The van der Waals surface area contributed by atoms with E-state index in [4.69, 9.17) is 9.47 Å². The Labute approximate surface area is 193 Å². The SMILES string of the molecule is O=C(/C=C/c1ccc(OCc2ccccc2)cc1)Nc1ccccc1C(=O)N1CCOCC1. The van der Waals surface area contributed by atoms with Crippen molar-refractivity contribution in [2.24, 2.45) is 0 Å². The minimum Gasteiger partial charge on any atom is -0.489 e. The summed E-state index contributed by atoms with van der Waals surface area (Å²) in [6.07, 6.45) is 3.18. The lowest BCUT2D eigenvalue weighted by atomic mass is 10.1. The van der Waals surface area contributed by atoms with E-state index in [0.29, 0.717) is 44.2 Å². The summed E-state index contributed by atoms with van der Waals surface area (Å²) in [5, 5.41) is 2.82. The van der Waals surface area contributed by atoms with E-state index in [1.54, 1.807) is 35.2 Å². The number of ether oxygens (including phenoxy) is 2. The molecule has 168 valence electrons. The van der Waals surface area contributed by atoms with Gasteiger partial charge in [0, 0.05) is 19.2 Å². The zero-order chi connectivity index (χ0) is 22.9. The van der Waals surface area contributed by atoms with Crippen LogP contribution in [0.3, 0.4) is 0 Å². The smallest absolute Gasteiger partial charge is 0.256 e. The summed E-state index contributed by atoms with van der Waals surface area (Å²) in [5.41, 5.74) is 2.94. The van der Waals surface area contributed by atoms with Crippen LogP contribution in [0.2, 0.25) is 0 Å². The topological polar surface area (TPSA) is 67.9 Å². The molecule has 1 aliphatic heterocycles. The summed E-state index contributed by atoms with van der Waals surface area (Å²) in [5.74, 6) is 0.349. The molecule has 1 fully saturated rings. The number of anilines is 1. The third-order valence-corrected chi connectivity index (χ3v) is 5.27. The van der Waals surface area contributed by atoms with E-state index in [2.05, 4.69) is 5.32 Å². The third-order valence-electron chi connectivity index (χ3n) is 5.27. The van der Waals surface area contributed by atoms with Crippen molar-refractivity contribution in [3.8, 4) is 5.75 Å². The average molecular weight is 443 g/mol. The van der Waals surface area contributed by atoms with Gasteiger partial charge < -0.3 is 19.7 Å². The Morgan fingerprint density at radius 1 is 0.909 bits per heavy atom. The second kappa shape index (κ2) is 11.1.